The molecule has 0 spiro atoms. The van der Waals surface area contributed by atoms with Gasteiger partial charge < -0.3 is 0 Å². The van der Waals surface area contributed by atoms with Crippen LogP contribution in [-0.2, 0) is 0 Å². The summed E-state index contributed by atoms with van der Waals surface area (Å²) in [6, 6.07) is 7.11. The highest BCUT2D eigenvalue weighted by molar-refractivity contribution is 6.33. The van der Waals surface area contributed by atoms with Gasteiger partial charge in [0.15, 0.2) is 0 Å². The van der Waals surface area contributed by atoms with Crippen molar-refractivity contribution in [2.75, 3.05) is 0 Å². The highest BCUT2D eigenvalue weighted by atomic mass is 35.5. The molecule has 2 aromatic rings. The Morgan fingerprint density at radius 2 is 1.71 bits per heavy atom. The van der Waals surface area contributed by atoms with E-state index in [0.29, 0.717) is 5.56 Å². The summed E-state index contributed by atoms with van der Waals surface area (Å²) >= 11 is 5.67. The monoisotopic (exact) mass is 255 g/mol. The molecule has 2 rings (SSSR count). The second-order valence-corrected chi connectivity index (χ2v) is 4.00. The van der Waals surface area contributed by atoms with Crippen LogP contribution in [0, 0.1) is 30.4 Å². The molecule has 0 amide bonds. The first-order valence-corrected chi connectivity index (χ1v) is 5.20. The zero-order chi connectivity index (χ0) is 12.6. The molecule has 0 aromatic heterocycles. The van der Waals surface area contributed by atoms with Crippen LogP contribution in [0.4, 0.5) is 13.2 Å². The molecule has 0 atom stereocenters. The molecule has 0 bridgehead atoms. The largest absolute Gasteiger partial charge is 0.206 e. The number of hydrogen-bond acceptors (Lipinski definition) is 0. The Kier molecular flexibility index (Phi) is 3.11. The molecule has 0 saturated heterocycles. The molecule has 0 aliphatic heterocycles. The van der Waals surface area contributed by atoms with E-state index in [4.69, 9.17) is 11.6 Å². The van der Waals surface area contributed by atoms with Crippen molar-refractivity contribution >= 4 is 11.6 Å². The van der Waals surface area contributed by atoms with Crippen LogP contribution in [0.25, 0.3) is 11.1 Å². The first-order valence-electron chi connectivity index (χ1n) is 4.82. The molecule has 0 aliphatic carbocycles. The summed E-state index contributed by atoms with van der Waals surface area (Å²) in [6.07, 6.45) is 0. The van der Waals surface area contributed by atoms with Crippen molar-refractivity contribution in [1.29, 1.82) is 0 Å². The van der Waals surface area contributed by atoms with Gasteiger partial charge in [-0.15, -0.1) is 0 Å². The lowest BCUT2D eigenvalue weighted by atomic mass is 10.0. The summed E-state index contributed by atoms with van der Waals surface area (Å²) in [5, 5.41) is -0.339. The lowest BCUT2D eigenvalue weighted by molar-refractivity contribution is 0.587. The summed E-state index contributed by atoms with van der Waals surface area (Å²) in [6.45, 7) is 1.57. The predicted molar refractivity (Wildman–Crippen MR) is 60.3 cm³/mol. The van der Waals surface area contributed by atoms with Gasteiger partial charge in [0, 0.05) is 11.6 Å². The van der Waals surface area contributed by atoms with Gasteiger partial charge in [-0.05, 0) is 24.6 Å². The van der Waals surface area contributed by atoms with E-state index in [1.807, 2.05) is 0 Å². The van der Waals surface area contributed by atoms with Crippen LogP contribution in [0.15, 0.2) is 24.3 Å². The van der Waals surface area contributed by atoms with E-state index in [9.17, 15) is 13.2 Å². The van der Waals surface area contributed by atoms with Crippen molar-refractivity contribution in [3.63, 3.8) is 0 Å². The van der Waals surface area contributed by atoms with E-state index in [1.165, 1.54) is 24.3 Å². The van der Waals surface area contributed by atoms with Gasteiger partial charge in [0.1, 0.15) is 17.5 Å². The molecule has 87 valence electrons. The maximum atomic E-state index is 13.7. The molecule has 2 aromatic carbocycles. The quantitative estimate of drug-likeness (QED) is 0.702. The SMILES string of the molecule is Cc1cc(F)c(-c2cc[c]c(F)c2Cl)c(F)c1. The van der Waals surface area contributed by atoms with Gasteiger partial charge >= 0.3 is 0 Å². The van der Waals surface area contributed by atoms with Crippen molar-refractivity contribution in [2.45, 2.75) is 6.92 Å². The molecule has 17 heavy (non-hydrogen) atoms. The van der Waals surface area contributed by atoms with E-state index in [2.05, 4.69) is 6.07 Å². The second kappa shape index (κ2) is 4.41. The molecule has 0 fully saturated rings. The minimum absolute atomic E-state index is 0.0158. The van der Waals surface area contributed by atoms with Gasteiger partial charge in [0.25, 0.3) is 0 Å². The Morgan fingerprint density at radius 1 is 1.12 bits per heavy atom. The Bertz CT molecular complexity index is 556. The molecule has 0 aliphatic rings. The van der Waals surface area contributed by atoms with Crippen LogP contribution < -0.4 is 0 Å². The van der Waals surface area contributed by atoms with Gasteiger partial charge in [0.05, 0.1) is 10.6 Å². The van der Waals surface area contributed by atoms with Crippen molar-refractivity contribution in [1.82, 2.24) is 0 Å². The lowest BCUT2D eigenvalue weighted by Gasteiger charge is -2.08. The predicted octanol–water partition coefficient (Wildman–Crippen LogP) is 4.53. The third-order valence-electron chi connectivity index (χ3n) is 2.35. The fraction of sp³-hybridized carbons (Fsp3) is 0.0769. The number of rotatable bonds is 1. The molecule has 0 saturated carbocycles. The normalized spacial score (nSPS) is 10.6. The molecular weight excluding hydrogens is 249 g/mol. The summed E-state index contributed by atoms with van der Waals surface area (Å²) in [7, 11) is 0. The number of benzene rings is 2. The Hall–Kier alpha value is -1.48. The van der Waals surface area contributed by atoms with Crippen LogP contribution in [0.5, 0.6) is 0 Å². The molecule has 4 heteroatoms. The third-order valence-corrected chi connectivity index (χ3v) is 2.71. The van der Waals surface area contributed by atoms with E-state index in [0.717, 1.165) is 0 Å². The van der Waals surface area contributed by atoms with Crippen LogP contribution >= 0.6 is 11.6 Å². The molecule has 1 radical (unpaired) electrons. The van der Waals surface area contributed by atoms with Crippen LogP contribution in [0.2, 0.25) is 5.02 Å². The highest BCUT2D eigenvalue weighted by Crippen LogP contribution is 2.33. The summed E-state index contributed by atoms with van der Waals surface area (Å²) < 4.78 is 40.5. The Labute approximate surface area is 102 Å². The molecule has 0 nitrogen and oxygen atoms in total. The average Bonchev–Trinajstić information content (AvgIpc) is 2.23. The second-order valence-electron chi connectivity index (χ2n) is 3.62. The van der Waals surface area contributed by atoms with Crippen LogP contribution in [0.1, 0.15) is 5.56 Å². The van der Waals surface area contributed by atoms with Crippen molar-refractivity contribution < 1.29 is 13.2 Å². The molecule has 0 N–H and O–H groups in total. The summed E-state index contributed by atoms with van der Waals surface area (Å²) in [4.78, 5) is 0. The maximum absolute atomic E-state index is 13.7. The number of halogens is 4. The van der Waals surface area contributed by atoms with Crippen molar-refractivity contribution in [3.8, 4) is 11.1 Å². The number of hydrogen-bond donors (Lipinski definition) is 0. The van der Waals surface area contributed by atoms with Gasteiger partial charge in [-0.3, -0.25) is 0 Å². The van der Waals surface area contributed by atoms with E-state index in [-0.39, 0.29) is 16.1 Å². The van der Waals surface area contributed by atoms with Gasteiger partial charge in [0.2, 0.25) is 0 Å². The van der Waals surface area contributed by atoms with E-state index in [1.54, 1.807) is 6.92 Å². The number of aryl methyl sites for hydroxylation is 1. The standard InChI is InChI=1S/C13H7ClF3/c1-7-5-10(16)12(11(17)6-7)8-3-2-4-9(15)13(8)14/h2-3,5-6H,1H3. The first kappa shape index (κ1) is 12.0. The Morgan fingerprint density at radius 3 is 2.29 bits per heavy atom. The third kappa shape index (κ3) is 2.15. The molecular formula is C13H7ClF3. The fourth-order valence-corrected chi connectivity index (χ4v) is 1.82. The minimum Gasteiger partial charge on any atom is -0.206 e. The summed E-state index contributed by atoms with van der Waals surface area (Å²) in [5.74, 6) is -2.37. The maximum Gasteiger partial charge on any atom is 0.150 e. The van der Waals surface area contributed by atoms with E-state index < -0.39 is 17.5 Å². The lowest BCUT2D eigenvalue weighted by Crippen LogP contribution is -1.94. The topological polar surface area (TPSA) is 0 Å². The van der Waals surface area contributed by atoms with E-state index >= 15 is 0 Å². The summed E-state index contributed by atoms with van der Waals surface area (Å²) in [5.41, 5.74) is 0.106. The zero-order valence-corrected chi connectivity index (χ0v) is 9.58. The van der Waals surface area contributed by atoms with Gasteiger partial charge in [-0.2, -0.15) is 0 Å². The fourth-order valence-electron chi connectivity index (χ4n) is 1.60. The highest BCUT2D eigenvalue weighted by Gasteiger charge is 2.16. The first-order chi connectivity index (χ1) is 8.00. The van der Waals surface area contributed by atoms with Crippen LogP contribution in [0.3, 0.4) is 0 Å². The van der Waals surface area contributed by atoms with Gasteiger partial charge in [-0.25, -0.2) is 13.2 Å². The van der Waals surface area contributed by atoms with Crippen molar-refractivity contribution in [2.24, 2.45) is 0 Å². The van der Waals surface area contributed by atoms with Crippen LogP contribution in [-0.4, -0.2) is 0 Å². The zero-order valence-electron chi connectivity index (χ0n) is 8.82. The minimum atomic E-state index is -0.830. The van der Waals surface area contributed by atoms with Gasteiger partial charge in [-0.1, -0.05) is 23.7 Å². The van der Waals surface area contributed by atoms with Crippen molar-refractivity contribution in [3.05, 3.63) is 58.4 Å². The molecule has 0 heterocycles. The smallest absolute Gasteiger partial charge is 0.150 e. The average molecular weight is 256 g/mol. The molecule has 0 unspecified atom stereocenters. The Balaban J connectivity index is 2.73.